The Morgan fingerprint density at radius 3 is 2.61 bits per heavy atom. The van der Waals surface area contributed by atoms with E-state index in [1.54, 1.807) is 5.56 Å². The Bertz CT molecular complexity index is 339. The summed E-state index contributed by atoms with van der Waals surface area (Å²) in [4.78, 5) is 2.60. The molecule has 1 atom stereocenters. The Balaban J connectivity index is 1.83. The molecular formula is C16H24N2. The van der Waals surface area contributed by atoms with Crippen molar-refractivity contribution in [3.8, 4) is 0 Å². The molecular weight excluding hydrogens is 220 g/mol. The van der Waals surface area contributed by atoms with Crippen LogP contribution in [-0.2, 0) is 0 Å². The SMILES string of the molecule is c1ccc(N2CCCCC2)c(C2CCCNC2)c1. The molecule has 0 amide bonds. The van der Waals surface area contributed by atoms with Crippen molar-refractivity contribution >= 4 is 5.69 Å². The fourth-order valence-corrected chi connectivity index (χ4v) is 3.37. The van der Waals surface area contributed by atoms with E-state index in [1.165, 1.54) is 57.4 Å². The van der Waals surface area contributed by atoms with Gasteiger partial charge >= 0.3 is 0 Å². The second-order valence-electron chi connectivity index (χ2n) is 5.65. The van der Waals surface area contributed by atoms with Gasteiger partial charge in [-0.2, -0.15) is 0 Å². The summed E-state index contributed by atoms with van der Waals surface area (Å²) in [5.74, 6) is 0.719. The molecule has 98 valence electrons. The molecule has 18 heavy (non-hydrogen) atoms. The summed E-state index contributed by atoms with van der Waals surface area (Å²) in [5, 5.41) is 3.54. The number of nitrogens with one attached hydrogen (secondary N) is 1. The van der Waals surface area contributed by atoms with E-state index in [4.69, 9.17) is 0 Å². The molecule has 2 heterocycles. The number of benzene rings is 1. The van der Waals surface area contributed by atoms with Crippen molar-refractivity contribution in [1.29, 1.82) is 0 Å². The average molecular weight is 244 g/mol. The summed E-state index contributed by atoms with van der Waals surface area (Å²) >= 11 is 0. The number of rotatable bonds is 2. The molecule has 3 rings (SSSR count). The molecule has 0 bridgehead atoms. The highest BCUT2D eigenvalue weighted by atomic mass is 15.1. The molecule has 0 aliphatic carbocycles. The highest BCUT2D eigenvalue weighted by Crippen LogP contribution is 2.32. The average Bonchev–Trinajstić information content (AvgIpc) is 2.49. The quantitative estimate of drug-likeness (QED) is 0.860. The number of hydrogen-bond acceptors (Lipinski definition) is 2. The van der Waals surface area contributed by atoms with Crippen LogP contribution >= 0.6 is 0 Å². The van der Waals surface area contributed by atoms with Crippen LogP contribution in [0, 0.1) is 0 Å². The van der Waals surface area contributed by atoms with Gasteiger partial charge in [0.25, 0.3) is 0 Å². The van der Waals surface area contributed by atoms with Crippen LogP contribution in [0.1, 0.15) is 43.6 Å². The van der Waals surface area contributed by atoms with E-state index in [9.17, 15) is 0 Å². The van der Waals surface area contributed by atoms with Gasteiger partial charge in [-0.3, -0.25) is 0 Å². The molecule has 2 aliphatic heterocycles. The van der Waals surface area contributed by atoms with Crippen molar-refractivity contribution in [3.63, 3.8) is 0 Å². The summed E-state index contributed by atoms with van der Waals surface area (Å²) in [6, 6.07) is 9.08. The molecule has 1 aromatic rings. The van der Waals surface area contributed by atoms with E-state index in [1.807, 2.05) is 0 Å². The van der Waals surface area contributed by atoms with Gasteiger partial charge in [0.05, 0.1) is 0 Å². The lowest BCUT2D eigenvalue weighted by Gasteiger charge is -2.33. The van der Waals surface area contributed by atoms with Crippen LogP contribution in [0.4, 0.5) is 5.69 Å². The van der Waals surface area contributed by atoms with Gasteiger partial charge in [0.2, 0.25) is 0 Å². The van der Waals surface area contributed by atoms with Crippen molar-refractivity contribution in [2.24, 2.45) is 0 Å². The maximum absolute atomic E-state index is 3.54. The van der Waals surface area contributed by atoms with Crippen LogP contribution in [-0.4, -0.2) is 26.2 Å². The molecule has 0 aromatic heterocycles. The molecule has 2 heteroatoms. The van der Waals surface area contributed by atoms with Crippen molar-refractivity contribution in [2.75, 3.05) is 31.1 Å². The van der Waals surface area contributed by atoms with Gasteiger partial charge in [-0.05, 0) is 56.2 Å². The number of para-hydroxylation sites is 1. The molecule has 2 aliphatic rings. The highest BCUT2D eigenvalue weighted by Gasteiger charge is 2.21. The van der Waals surface area contributed by atoms with Crippen molar-refractivity contribution in [1.82, 2.24) is 5.32 Å². The van der Waals surface area contributed by atoms with E-state index in [2.05, 4.69) is 34.5 Å². The number of nitrogens with zero attached hydrogens (tertiary/aromatic N) is 1. The van der Waals surface area contributed by atoms with Crippen LogP contribution in [0.15, 0.2) is 24.3 Å². The van der Waals surface area contributed by atoms with Gasteiger partial charge in [-0.25, -0.2) is 0 Å². The third-order valence-electron chi connectivity index (χ3n) is 4.37. The number of piperidine rings is 2. The van der Waals surface area contributed by atoms with Gasteiger partial charge in [0.1, 0.15) is 0 Å². The Hall–Kier alpha value is -1.02. The first-order valence-electron chi connectivity index (χ1n) is 7.50. The molecule has 2 saturated heterocycles. The smallest absolute Gasteiger partial charge is 0.0402 e. The van der Waals surface area contributed by atoms with Crippen molar-refractivity contribution in [3.05, 3.63) is 29.8 Å². The standard InChI is InChI=1S/C16H24N2/c1-4-11-18(12-5-1)16-9-3-2-8-15(16)14-7-6-10-17-13-14/h2-3,8-9,14,17H,1,4-7,10-13H2. The van der Waals surface area contributed by atoms with Crippen LogP contribution in [0.3, 0.4) is 0 Å². The summed E-state index contributed by atoms with van der Waals surface area (Å²) < 4.78 is 0. The second-order valence-corrected chi connectivity index (χ2v) is 5.65. The normalized spacial score (nSPS) is 25.1. The first-order chi connectivity index (χ1) is 8.95. The molecule has 2 fully saturated rings. The fourth-order valence-electron chi connectivity index (χ4n) is 3.37. The van der Waals surface area contributed by atoms with E-state index >= 15 is 0 Å². The minimum Gasteiger partial charge on any atom is -0.371 e. The lowest BCUT2D eigenvalue weighted by molar-refractivity contribution is 0.460. The zero-order valence-electron chi connectivity index (χ0n) is 11.2. The summed E-state index contributed by atoms with van der Waals surface area (Å²) in [5.41, 5.74) is 3.08. The molecule has 0 saturated carbocycles. The molecule has 0 spiro atoms. The Morgan fingerprint density at radius 1 is 1.00 bits per heavy atom. The predicted octanol–water partition coefficient (Wildman–Crippen LogP) is 3.14. The summed E-state index contributed by atoms with van der Waals surface area (Å²) in [6.45, 7) is 4.85. The monoisotopic (exact) mass is 244 g/mol. The van der Waals surface area contributed by atoms with Crippen molar-refractivity contribution in [2.45, 2.75) is 38.0 Å². The maximum atomic E-state index is 3.54. The Morgan fingerprint density at radius 2 is 1.83 bits per heavy atom. The van der Waals surface area contributed by atoms with Gasteiger partial charge in [0.15, 0.2) is 0 Å². The number of hydrogen-bond donors (Lipinski definition) is 1. The van der Waals surface area contributed by atoms with E-state index in [-0.39, 0.29) is 0 Å². The first kappa shape index (κ1) is 12.0. The molecule has 2 nitrogen and oxygen atoms in total. The third-order valence-corrected chi connectivity index (χ3v) is 4.37. The Labute approximate surface area is 110 Å². The highest BCUT2D eigenvalue weighted by molar-refractivity contribution is 5.55. The van der Waals surface area contributed by atoms with Crippen LogP contribution < -0.4 is 10.2 Å². The van der Waals surface area contributed by atoms with Crippen LogP contribution in [0.25, 0.3) is 0 Å². The van der Waals surface area contributed by atoms with Crippen LogP contribution in [0.5, 0.6) is 0 Å². The van der Waals surface area contributed by atoms with Crippen LogP contribution in [0.2, 0.25) is 0 Å². The minimum atomic E-state index is 0.719. The Kier molecular flexibility index (Phi) is 3.84. The molecule has 1 aromatic carbocycles. The first-order valence-corrected chi connectivity index (χ1v) is 7.50. The van der Waals surface area contributed by atoms with Crippen molar-refractivity contribution < 1.29 is 0 Å². The third kappa shape index (κ3) is 2.54. The minimum absolute atomic E-state index is 0.719. The molecule has 1 unspecified atom stereocenters. The zero-order valence-corrected chi connectivity index (χ0v) is 11.2. The van der Waals surface area contributed by atoms with E-state index in [0.29, 0.717) is 0 Å². The van der Waals surface area contributed by atoms with Gasteiger partial charge in [-0.1, -0.05) is 18.2 Å². The fraction of sp³-hybridized carbons (Fsp3) is 0.625. The van der Waals surface area contributed by atoms with Gasteiger partial charge in [0, 0.05) is 25.3 Å². The van der Waals surface area contributed by atoms with Gasteiger partial charge < -0.3 is 10.2 Å². The van der Waals surface area contributed by atoms with E-state index < -0.39 is 0 Å². The lowest BCUT2D eigenvalue weighted by Crippen LogP contribution is -2.33. The van der Waals surface area contributed by atoms with Gasteiger partial charge in [-0.15, -0.1) is 0 Å². The molecule has 0 radical (unpaired) electrons. The second kappa shape index (κ2) is 5.75. The molecule has 1 N–H and O–H groups in total. The largest absolute Gasteiger partial charge is 0.371 e. The number of anilines is 1. The summed E-state index contributed by atoms with van der Waals surface area (Å²) in [7, 11) is 0. The maximum Gasteiger partial charge on any atom is 0.0402 e. The topological polar surface area (TPSA) is 15.3 Å². The van der Waals surface area contributed by atoms with E-state index in [0.717, 1.165) is 12.5 Å². The predicted molar refractivity (Wildman–Crippen MR) is 77.4 cm³/mol. The summed E-state index contributed by atoms with van der Waals surface area (Å²) in [6.07, 6.45) is 6.79. The zero-order chi connectivity index (χ0) is 12.2. The lowest BCUT2D eigenvalue weighted by atomic mass is 9.89.